The van der Waals surface area contributed by atoms with Crippen LogP contribution in [0.2, 0.25) is 0 Å². The summed E-state index contributed by atoms with van der Waals surface area (Å²) in [5.74, 6) is -0.103. The van der Waals surface area contributed by atoms with Gasteiger partial charge in [0.25, 0.3) is 5.91 Å². The van der Waals surface area contributed by atoms with Crippen molar-refractivity contribution < 1.29 is 14.0 Å². The number of halogens is 1. The molecule has 3 rings (SSSR count). The quantitative estimate of drug-likeness (QED) is 0.744. The van der Waals surface area contributed by atoms with Gasteiger partial charge in [-0.1, -0.05) is 12.1 Å². The molecule has 1 aliphatic heterocycles. The lowest BCUT2D eigenvalue weighted by Crippen LogP contribution is -2.51. The Labute approximate surface area is 169 Å². The molecule has 28 heavy (non-hydrogen) atoms. The molecule has 0 N–H and O–H groups in total. The molecule has 1 aromatic carbocycles. The molecule has 150 valence electrons. The van der Waals surface area contributed by atoms with E-state index in [2.05, 4.69) is 4.90 Å². The fourth-order valence-corrected chi connectivity index (χ4v) is 4.33. The van der Waals surface area contributed by atoms with E-state index in [0.717, 1.165) is 23.5 Å². The van der Waals surface area contributed by atoms with E-state index < -0.39 is 0 Å². The van der Waals surface area contributed by atoms with Gasteiger partial charge in [0.05, 0.1) is 11.4 Å². The van der Waals surface area contributed by atoms with Crippen LogP contribution in [0.25, 0.3) is 10.4 Å². The lowest BCUT2D eigenvalue weighted by molar-refractivity contribution is -0.132. The Balaban J connectivity index is 1.55. The third-order valence-corrected chi connectivity index (χ3v) is 6.20. The lowest BCUT2D eigenvalue weighted by Gasteiger charge is -2.35. The maximum Gasteiger partial charge on any atom is 0.264 e. The van der Waals surface area contributed by atoms with E-state index in [4.69, 9.17) is 0 Å². The topological polar surface area (TPSA) is 43.9 Å². The van der Waals surface area contributed by atoms with Crippen molar-refractivity contribution in [1.82, 2.24) is 14.7 Å². The smallest absolute Gasteiger partial charge is 0.264 e. The lowest BCUT2D eigenvalue weighted by atomic mass is 10.2. The minimum atomic E-state index is -0.269. The van der Waals surface area contributed by atoms with Crippen LogP contribution in [0.3, 0.4) is 0 Å². The van der Waals surface area contributed by atoms with Gasteiger partial charge in [-0.3, -0.25) is 14.5 Å². The fourth-order valence-electron chi connectivity index (χ4n) is 3.35. The number of carbonyl (C=O) groups is 2. The minimum Gasteiger partial charge on any atom is -0.342 e. The molecule has 5 nitrogen and oxygen atoms in total. The summed E-state index contributed by atoms with van der Waals surface area (Å²) in [7, 11) is 0. The first-order chi connectivity index (χ1) is 13.5. The van der Waals surface area contributed by atoms with Crippen molar-refractivity contribution >= 4 is 23.2 Å². The van der Waals surface area contributed by atoms with Crippen molar-refractivity contribution in [3.05, 3.63) is 47.1 Å². The Morgan fingerprint density at radius 2 is 1.64 bits per heavy atom. The standard InChI is InChI=1S/C21H26FN3O2S/c1-3-24(4-2)20(26)15-23-11-13-25(14-12-23)21(27)19-10-9-18(28-19)16-5-7-17(22)8-6-16/h5-10H,3-4,11-15H2,1-2H3. The Morgan fingerprint density at radius 3 is 2.25 bits per heavy atom. The Kier molecular flexibility index (Phi) is 6.80. The highest BCUT2D eigenvalue weighted by Crippen LogP contribution is 2.29. The van der Waals surface area contributed by atoms with Crippen LogP contribution < -0.4 is 0 Å². The summed E-state index contributed by atoms with van der Waals surface area (Å²) >= 11 is 1.43. The number of piperazine rings is 1. The molecule has 0 bridgehead atoms. The molecule has 1 saturated heterocycles. The van der Waals surface area contributed by atoms with Crippen LogP contribution in [0.15, 0.2) is 36.4 Å². The number of nitrogens with zero attached hydrogens (tertiary/aromatic N) is 3. The number of hydrogen-bond acceptors (Lipinski definition) is 4. The number of hydrogen-bond donors (Lipinski definition) is 0. The van der Waals surface area contributed by atoms with E-state index in [1.54, 1.807) is 12.1 Å². The first-order valence-electron chi connectivity index (χ1n) is 9.67. The SMILES string of the molecule is CCN(CC)C(=O)CN1CCN(C(=O)c2ccc(-c3ccc(F)cc3)s2)CC1. The number of carbonyl (C=O) groups excluding carboxylic acids is 2. The number of rotatable bonds is 6. The molecule has 0 radical (unpaired) electrons. The van der Waals surface area contributed by atoms with E-state index in [1.807, 2.05) is 35.8 Å². The molecule has 0 atom stereocenters. The monoisotopic (exact) mass is 403 g/mol. The maximum atomic E-state index is 13.1. The van der Waals surface area contributed by atoms with Gasteiger partial charge in [0.1, 0.15) is 5.82 Å². The van der Waals surface area contributed by atoms with E-state index in [1.165, 1.54) is 23.5 Å². The molecule has 1 aliphatic rings. The summed E-state index contributed by atoms with van der Waals surface area (Å²) in [4.78, 5) is 32.5. The summed E-state index contributed by atoms with van der Waals surface area (Å²) < 4.78 is 13.1. The van der Waals surface area contributed by atoms with Gasteiger partial charge in [0.2, 0.25) is 5.91 Å². The number of likely N-dealkylation sites (N-methyl/N-ethyl adjacent to an activating group) is 1. The number of benzene rings is 1. The highest BCUT2D eigenvalue weighted by atomic mass is 32.1. The molecule has 2 amide bonds. The molecular weight excluding hydrogens is 377 g/mol. The summed E-state index contributed by atoms with van der Waals surface area (Å²) in [5, 5.41) is 0. The molecule has 2 aromatic rings. The summed E-state index contributed by atoms with van der Waals surface area (Å²) in [6.07, 6.45) is 0. The predicted molar refractivity (Wildman–Crippen MR) is 110 cm³/mol. The predicted octanol–water partition coefficient (Wildman–Crippen LogP) is 3.18. The minimum absolute atomic E-state index is 0.0214. The molecule has 0 unspecified atom stereocenters. The Morgan fingerprint density at radius 1 is 1.00 bits per heavy atom. The van der Waals surface area contributed by atoms with Crippen LogP contribution in [0.1, 0.15) is 23.5 Å². The van der Waals surface area contributed by atoms with Crippen LogP contribution in [-0.4, -0.2) is 72.3 Å². The zero-order valence-electron chi connectivity index (χ0n) is 16.4. The average Bonchev–Trinajstić information content (AvgIpc) is 3.20. The molecule has 0 spiro atoms. The largest absolute Gasteiger partial charge is 0.342 e. The van der Waals surface area contributed by atoms with Gasteiger partial charge in [-0.15, -0.1) is 11.3 Å². The second kappa shape index (κ2) is 9.30. The molecule has 7 heteroatoms. The van der Waals surface area contributed by atoms with Crippen LogP contribution >= 0.6 is 11.3 Å². The number of amides is 2. The van der Waals surface area contributed by atoms with Crippen molar-refractivity contribution in [3.8, 4) is 10.4 Å². The summed E-state index contributed by atoms with van der Waals surface area (Å²) in [6, 6.07) is 10.0. The van der Waals surface area contributed by atoms with Gasteiger partial charge in [-0.25, -0.2) is 4.39 Å². The molecule has 1 fully saturated rings. The van der Waals surface area contributed by atoms with Crippen LogP contribution in [0.4, 0.5) is 4.39 Å². The highest BCUT2D eigenvalue weighted by Gasteiger charge is 2.25. The van der Waals surface area contributed by atoms with E-state index in [-0.39, 0.29) is 17.6 Å². The third-order valence-electron chi connectivity index (χ3n) is 5.08. The van der Waals surface area contributed by atoms with Crippen molar-refractivity contribution in [2.45, 2.75) is 13.8 Å². The van der Waals surface area contributed by atoms with Gasteiger partial charge >= 0.3 is 0 Å². The zero-order chi connectivity index (χ0) is 20.1. The number of thiophene rings is 1. The van der Waals surface area contributed by atoms with Crippen LogP contribution in [0, 0.1) is 5.82 Å². The fraction of sp³-hybridized carbons (Fsp3) is 0.429. The summed E-state index contributed by atoms with van der Waals surface area (Å²) in [6.45, 7) is 8.48. The Bertz CT molecular complexity index is 809. The van der Waals surface area contributed by atoms with E-state index >= 15 is 0 Å². The second-order valence-corrected chi connectivity index (χ2v) is 7.89. The highest BCUT2D eigenvalue weighted by molar-refractivity contribution is 7.17. The van der Waals surface area contributed by atoms with Gasteiger partial charge in [-0.2, -0.15) is 0 Å². The van der Waals surface area contributed by atoms with Crippen molar-refractivity contribution in [2.24, 2.45) is 0 Å². The van der Waals surface area contributed by atoms with Crippen LogP contribution in [-0.2, 0) is 4.79 Å². The molecular formula is C21H26FN3O2S. The Hall–Kier alpha value is -2.25. The first-order valence-corrected chi connectivity index (χ1v) is 10.5. The van der Waals surface area contributed by atoms with Gasteiger partial charge in [0, 0.05) is 44.1 Å². The van der Waals surface area contributed by atoms with E-state index in [0.29, 0.717) is 37.6 Å². The molecule has 1 aromatic heterocycles. The van der Waals surface area contributed by atoms with Gasteiger partial charge in [0.15, 0.2) is 0 Å². The van der Waals surface area contributed by atoms with Gasteiger partial charge < -0.3 is 9.80 Å². The van der Waals surface area contributed by atoms with Crippen molar-refractivity contribution in [1.29, 1.82) is 0 Å². The van der Waals surface area contributed by atoms with E-state index in [9.17, 15) is 14.0 Å². The second-order valence-electron chi connectivity index (χ2n) is 6.81. The van der Waals surface area contributed by atoms with Crippen molar-refractivity contribution in [3.63, 3.8) is 0 Å². The zero-order valence-corrected chi connectivity index (χ0v) is 17.2. The molecule has 2 heterocycles. The van der Waals surface area contributed by atoms with Gasteiger partial charge in [-0.05, 0) is 43.7 Å². The maximum absolute atomic E-state index is 13.1. The average molecular weight is 404 g/mol. The molecule has 0 aliphatic carbocycles. The third kappa shape index (κ3) is 4.77. The van der Waals surface area contributed by atoms with Crippen molar-refractivity contribution in [2.75, 3.05) is 45.8 Å². The molecule has 0 saturated carbocycles. The summed E-state index contributed by atoms with van der Waals surface area (Å²) in [5.41, 5.74) is 0.908. The first kappa shape index (κ1) is 20.5. The normalized spacial score (nSPS) is 14.9. The van der Waals surface area contributed by atoms with Crippen LogP contribution in [0.5, 0.6) is 0 Å².